The van der Waals surface area contributed by atoms with Gasteiger partial charge in [-0.2, -0.15) is 0 Å². The number of nitrogens with zero attached hydrogens (tertiary/aromatic N) is 2. The van der Waals surface area contributed by atoms with Crippen LogP contribution in [-0.2, 0) is 11.3 Å². The minimum atomic E-state index is -0.127. The van der Waals surface area contributed by atoms with Gasteiger partial charge in [-0.1, -0.05) is 11.6 Å². The molecule has 0 amide bonds. The van der Waals surface area contributed by atoms with Crippen LogP contribution in [-0.4, -0.2) is 22.8 Å². The Morgan fingerprint density at radius 1 is 1.42 bits per heavy atom. The first-order valence-corrected chi connectivity index (χ1v) is 7.32. The van der Waals surface area contributed by atoms with E-state index < -0.39 is 0 Å². The highest BCUT2D eigenvalue weighted by Gasteiger charge is 2.14. The van der Waals surface area contributed by atoms with Crippen LogP contribution in [0.1, 0.15) is 31.5 Å². The molecule has 1 heterocycles. The third-order valence-electron chi connectivity index (χ3n) is 2.97. The van der Waals surface area contributed by atoms with E-state index in [9.17, 15) is 0 Å². The average Bonchev–Trinajstić information content (AvgIpc) is 2.73. The van der Waals surface area contributed by atoms with E-state index >= 15 is 0 Å². The fourth-order valence-electron chi connectivity index (χ4n) is 2.12. The fraction of sp³-hybridized carbons (Fsp3) is 0.500. The van der Waals surface area contributed by atoms with Crippen LogP contribution in [0.2, 0.25) is 5.02 Å². The highest BCUT2D eigenvalue weighted by atomic mass is 35.5. The molecule has 3 nitrogen and oxygen atoms in total. The zero-order valence-corrected chi connectivity index (χ0v) is 12.7. The first kappa shape index (κ1) is 14.6. The van der Waals surface area contributed by atoms with Crippen LogP contribution in [0.5, 0.6) is 0 Å². The molecule has 1 aromatic carbocycles. The van der Waals surface area contributed by atoms with Crippen molar-refractivity contribution in [3.8, 4) is 0 Å². The van der Waals surface area contributed by atoms with Crippen molar-refractivity contribution in [1.82, 2.24) is 9.55 Å². The smallest absolute Gasteiger partial charge is 0.127 e. The van der Waals surface area contributed by atoms with E-state index in [1.807, 2.05) is 32.0 Å². The van der Waals surface area contributed by atoms with Gasteiger partial charge in [0.1, 0.15) is 5.82 Å². The second kappa shape index (κ2) is 6.60. The summed E-state index contributed by atoms with van der Waals surface area (Å²) >= 11 is 12.3. The normalized spacial score (nSPS) is 13.1. The van der Waals surface area contributed by atoms with Gasteiger partial charge in [-0.25, -0.2) is 4.98 Å². The molecule has 0 aliphatic rings. The van der Waals surface area contributed by atoms with Gasteiger partial charge >= 0.3 is 0 Å². The van der Waals surface area contributed by atoms with Crippen molar-refractivity contribution in [3.63, 3.8) is 0 Å². The van der Waals surface area contributed by atoms with Gasteiger partial charge in [0.2, 0.25) is 0 Å². The van der Waals surface area contributed by atoms with Crippen molar-refractivity contribution in [1.29, 1.82) is 0 Å². The van der Waals surface area contributed by atoms with Crippen molar-refractivity contribution in [2.45, 2.75) is 32.2 Å². The van der Waals surface area contributed by atoms with E-state index in [1.54, 1.807) is 0 Å². The molecule has 104 valence electrons. The largest absolute Gasteiger partial charge is 0.382 e. The molecular weight excluding hydrogens is 283 g/mol. The molecular formula is C14H18Cl2N2O. The van der Waals surface area contributed by atoms with Crippen LogP contribution < -0.4 is 0 Å². The van der Waals surface area contributed by atoms with Crippen molar-refractivity contribution in [3.05, 3.63) is 29.0 Å². The predicted molar refractivity (Wildman–Crippen MR) is 80.1 cm³/mol. The molecule has 1 unspecified atom stereocenters. The Kier molecular flexibility index (Phi) is 5.08. The quantitative estimate of drug-likeness (QED) is 0.583. The number of hydrogen-bond donors (Lipinski definition) is 0. The standard InChI is InChI=1S/C14H18Cl2N2O/c1-3-19-8-4-7-18-13-9-11(16)5-6-12(13)17-14(18)10(2)15/h5-6,9-10H,3-4,7-8H2,1-2H3. The van der Waals surface area contributed by atoms with Crippen molar-refractivity contribution >= 4 is 34.2 Å². The van der Waals surface area contributed by atoms with E-state index in [0.29, 0.717) is 5.02 Å². The molecule has 0 saturated carbocycles. The zero-order valence-electron chi connectivity index (χ0n) is 11.2. The van der Waals surface area contributed by atoms with Crippen LogP contribution >= 0.6 is 23.2 Å². The summed E-state index contributed by atoms with van der Waals surface area (Å²) in [6, 6.07) is 5.72. The molecule has 0 aliphatic heterocycles. The minimum absolute atomic E-state index is 0.127. The molecule has 0 N–H and O–H groups in total. The van der Waals surface area contributed by atoms with E-state index in [1.165, 1.54) is 0 Å². The first-order chi connectivity index (χ1) is 9.13. The van der Waals surface area contributed by atoms with Crippen molar-refractivity contribution < 1.29 is 4.74 Å². The van der Waals surface area contributed by atoms with Crippen molar-refractivity contribution in [2.75, 3.05) is 13.2 Å². The average molecular weight is 301 g/mol. The van der Waals surface area contributed by atoms with Gasteiger partial charge in [0.25, 0.3) is 0 Å². The van der Waals surface area contributed by atoms with Crippen LogP contribution in [0, 0.1) is 0 Å². The molecule has 1 aromatic heterocycles. The molecule has 2 rings (SSSR count). The third kappa shape index (κ3) is 3.41. The summed E-state index contributed by atoms with van der Waals surface area (Å²) in [5, 5.41) is 0.588. The number of rotatable bonds is 6. The highest BCUT2D eigenvalue weighted by molar-refractivity contribution is 6.31. The Hall–Kier alpha value is -0.770. The Morgan fingerprint density at radius 2 is 2.21 bits per heavy atom. The Morgan fingerprint density at radius 3 is 2.89 bits per heavy atom. The number of aromatic nitrogens is 2. The number of imidazole rings is 1. The molecule has 2 aromatic rings. The Balaban J connectivity index is 2.31. The highest BCUT2D eigenvalue weighted by Crippen LogP contribution is 2.26. The fourth-order valence-corrected chi connectivity index (χ4v) is 2.46. The van der Waals surface area contributed by atoms with Crippen LogP contribution in [0.25, 0.3) is 11.0 Å². The monoisotopic (exact) mass is 300 g/mol. The lowest BCUT2D eigenvalue weighted by atomic mass is 10.3. The van der Waals surface area contributed by atoms with Gasteiger partial charge in [0.15, 0.2) is 0 Å². The number of benzene rings is 1. The molecule has 1 atom stereocenters. The zero-order chi connectivity index (χ0) is 13.8. The lowest BCUT2D eigenvalue weighted by Gasteiger charge is -2.10. The van der Waals surface area contributed by atoms with E-state index in [0.717, 1.165) is 43.0 Å². The van der Waals surface area contributed by atoms with E-state index in [-0.39, 0.29) is 5.38 Å². The van der Waals surface area contributed by atoms with Crippen molar-refractivity contribution in [2.24, 2.45) is 0 Å². The van der Waals surface area contributed by atoms with Crippen LogP contribution in [0.3, 0.4) is 0 Å². The van der Waals surface area contributed by atoms with E-state index in [4.69, 9.17) is 27.9 Å². The molecule has 0 radical (unpaired) electrons. The number of aryl methyl sites for hydroxylation is 1. The number of hydrogen-bond acceptors (Lipinski definition) is 2. The number of fused-ring (bicyclic) bond motifs is 1. The summed E-state index contributed by atoms with van der Waals surface area (Å²) in [7, 11) is 0. The summed E-state index contributed by atoms with van der Waals surface area (Å²) in [6.45, 7) is 6.26. The second-order valence-electron chi connectivity index (χ2n) is 4.42. The summed E-state index contributed by atoms with van der Waals surface area (Å²) in [4.78, 5) is 4.58. The predicted octanol–water partition coefficient (Wildman–Crippen LogP) is 4.42. The topological polar surface area (TPSA) is 27.1 Å². The van der Waals surface area contributed by atoms with Gasteiger partial charge in [-0.05, 0) is 38.5 Å². The number of halogens is 2. The molecule has 0 fully saturated rings. The summed E-state index contributed by atoms with van der Waals surface area (Å²) in [5.74, 6) is 0.885. The molecule has 0 spiro atoms. The summed E-state index contributed by atoms with van der Waals surface area (Å²) < 4.78 is 7.51. The SMILES string of the molecule is CCOCCCn1c(C(C)Cl)nc2ccc(Cl)cc21. The Bertz CT molecular complexity index is 552. The lowest BCUT2D eigenvalue weighted by molar-refractivity contribution is 0.141. The first-order valence-electron chi connectivity index (χ1n) is 6.51. The van der Waals surface area contributed by atoms with Gasteiger partial charge in [0.05, 0.1) is 16.4 Å². The molecule has 19 heavy (non-hydrogen) atoms. The summed E-state index contributed by atoms with van der Waals surface area (Å²) in [6.07, 6.45) is 0.933. The van der Waals surface area contributed by atoms with E-state index in [2.05, 4.69) is 9.55 Å². The second-order valence-corrected chi connectivity index (χ2v) is 5.51. The molecule has 0 aliphatic carbocycles. The summed E-state index contributed by atoms with van der Waals surface area (Å²) in [5.41, 5.74) is 1.97. The van der Waals surface area contributed by atoms with Gasteiger partial charge < -0.3 is 9.30 Å². The molecule has 0 bridgehead atoms. The maximum Gasteiger partial charge on any atom is 0.127 e. The minimum Gasteiger partial charge on any atom is -0.382 e. The van der Waals surface area contributed by atoms with Gasteiger partial charge in [0, 0.05) is 24.8 Å². The maximum absolute atomic E-state index is 6.21. The van der Waals surface area contributed by atoms with Crippen LogP contribution in [0.15, 0.2) is 18.2 Å². The van der Waals surface area contributed by atoms with Crippen LogP contribution in [0.4, 0.5) is 0 Å². The third-order valence-corrected chi connectivity index (χ3v) is 3.40. The Labute approximate surface area is 123 Å². The van der Waals surface area contributed by atoms with Gasteiger partial charge in [-0.15, -0.1) is 11.6 Å². The number of alkyl halides is 1. The lowest BCUT2D eigenvalue weighted by Crippen LogP contribution is -2.07. The molecule has 0 saturated heterocycles. The molecule has 5 heteroatoms. The van der Waals surface area contributed by atoms with Gasteiger partial charge in [-0.3, -0.25) is 0 Å². The number of ether oxygens (including phenoxy) is 1. The maximum atomic E-state index is 6.21.